The van der Waals surface area contributed by atoms with Crippen LogP contribution < -0.4 is 10.9 Å². The van der Waals surface area contributed by atoms with Gasteiger partial charge in [-0.2, -0.15) is 12.6 Å². The summed E-state index contributed by atoms with van der Waals surface area (Å²) in [5, 5.41) is 2.81. The number of hydrogen-bond donors (Lipinski definition) is 2. The van der Waals surface area contributed by atoms with E-state index in [1.165, 1.54) is 4.57 Å². The highest BCUT2D eigenvalue weighted by Gasteiger charge is 2.21. The maximum Gasteiger partial charge on any atom is 0.253 e. The van der Waals surface area contributed by atoms with Crippen LogP contribution in [0.1, 0.15) is 34.3 Å². The van der Waals surface area contributed by atoms with Gasteiger partial charge < -0.3 is 9.88 Å². The summed E-state index contributed by atoms with van der Waals surface area (Å²) in [6, 6.07) is 0. The Balaban J connectivity index is 2.44. The van der Waals surface area contributed by atoms with Gasteiger partial charge in [0.2, 0.25) is 0 Å². The number of nitrogens with one attached hydrogen (secondary N) is 1. The van der Waals surface area contributed by atoms with E-state index >= 15 is 0 Å². The van der Waals surface area contributed by atoms with Crippen molar-refractivity contribution in [1.82, 2.24) is 9.88 Å². The molecule has 0 aromatic carbocycles. The summed E-state index contributed by atoms with van der Waals surface area (Å²) >= 11 is 4.07. The molecule has 1 aromatic rings. The van der Waals surface area contributed by atoms with E-state index in [1.54, 1.807) is 13.2 Å². The lowest BCUT2D eigenvalue weighted by atomic mass is 9.89. The van der Waals surface area contributed by atoms with Crippen LogP contribution in [0.15, 0.2) is 11.0 Å². The molecule has 0 radical (unpaired) electrons. The van der Waals surface area contributed by atoms with Crippen molar-refractivity contribution in [2.75, 3.05) is 12.3 Å². The third-order valence-electron chi connectivity index (χ3n) is 3.34. The lowest BCUT2D eigenvalue weighted by Gasteiger charge is -2.19. The first-order valence-corrected chi connectivity index (χ1v) is 6.89. The molecule has 98 valence electrons. The van der Waals surface area contributed by atoms with Crippen LogP contribution in [0.5, 0.6) is 0 Å². The largest absolute Gasteiger partial charge is 0.351 e. The van der Waals surface area contributed by atoms with E-state index in [1.807, 2.05) is 0 Å². The van der Waals surface area contributed by atoms with Gasteiger partial charge in [-0.25, -0.2) is 0 Å². The molecule has 1 aliphatic rings. The standard InChI is InChI=1S/C13H18N2O2S/c1-15-8-11(12(16)14-6-7-18)9-4-2-3-5-10(9)13(15)17/h8,18H,2-7H2,1H3,(H,14,16). The molecule has 1 aromatic heterocycles. The first kappa shape index (κ1) is 13.2. The van der Waals surface area contributed by atoms with Crippen LogP contribution in [0.4, 0.5) is 0 Å². The molecule has 0 saturated heterocycles. The number of amides is 1. The van der Waals surface area contributed by atoms with Crippen LogP contribution >= 0.6 is 12.6 Å². The number of thiol groups is 1. The van der Waals surface area contributed by atoms with Crippen LogP contribution in [0.25, 0.3) is 0 Å². The molecular weight excluding hydrogens is 248 g/mol. The van der Waals surface area contributed by atoms with Gasteiger partial charge in [0.05, 0.1) is 5.56 Å². The number of fused-ring (bicyclic) bond motifs is 1. The number of nitrogens with zero attached hydrogens (tertiary/aromatic N) is 1. The molecule has 0 fully saturated rings. The van der Waals surface area contributed by atoms with E-state index in [4.69, 9.17) is 0 Å². The minimum Gasteiger partial charge on any atom is -0.351 e. The number of pyridine rings is 1. The predicted octanol–water partition coefficient (Wildman–Crippen LogP) is 0.924. The number of aryl methyl sites for hydroxylation is 1. The molecule has 0 bridgehead atoms. The second-order valence-electron chi connectivity index (χ2n) is 4.60. The summed E-state index contributed by atoms with van der Waals surface area (Å²) in [6.07, 6.45) is 5.35. The normalized spacial score (nSPS) is 14.1. The lowest BCUT2D eigenvalue weighted by Crippen LogP contribution is -2.32. The van der Waals surface area contributed by atoms with E-state index in [0.717, 1.165) is 36.8 Å². The fraction of sp³-hybridized carbons (Fsp3) is 0.538. The molecule has 0 saturated carbocycles. The Morgan fingerprint density at radius 1 is 1.39 bits per heavy atom. The SMILES string of the molecule is Cn1cc(C(=O)NCCS)c2c(c1=O)CCCC2. The molecule has 4 nitrogen and oxygen atoms in total. The first-order chi connectivity index (χ1) is 8.65. The van der Waals surface area contributed by atoms with Crippen molar-refractivity contribution in [2.24, 2.45) is 7.05 Å². The van der Waals surface area contributed by atoms with Crippen molar-refractivity contribution in [2.45, 2.75) is 25.7 Å². The predicted molar refractivity (Wildman–Crippen MR) is 74.5 cm³/mol. The summed E-state index contributed by atoms with van der Waals surface area (Å²) in [4.78, 5) is 24.1. The topological polar surface area (TPSA) is 51.1 Å². The lowest BCUT2D eigenvalue weighted by molar-refractivity contribution is 0.0954. The highest BCUT2D eigenvalue weighted by molar-refractivity contribution is 7.80. The van der Waals surface area contributed by atoms with Crippen LogP contribution in [-0.4, -0.2) is 22.8 Å². The summed E-state index contributed by atoms with van der Waals surface area (Å²) in [5.74, 6) is 0.512. The summed E-state index contributed by atoms with van der Waals surface area (Å²) in [5.41, 5.74) is 2.45. The molecule has 2 rings (SSSR count). The van der Waals surface area contributed by atoms with Crippen molar-refractivity contribution in [3.05, 3.63) is 33.2 Å². The molecule has 1 N–H and O–H groups in total. The maximum absolute atomic E-state index is 12.1. The molecular formula is C13H18N2O2S. The number of rotatable bonds is 3. The number of carbonyl (C=O) groups excluding carboxylic acids is 1. The molecule has 0 atom stereocenters. The zero-order valence-corrected chi connectivity index (χ0v) is 11.4. The highest BCUT2D eigenvalue weighted by Crippen LogP contribution is 2.21. The highest BCUT2D eigenvalue weighted by atomic mass is 32.1. The van der Waals surface area contributed by atoms with Gasteiger partial charge >= 0.3 is 0 Å². The van der Waals surface area contributed by atoms with Gasteiger partial charge in [-0.3, -0.25) is 9.59 Å². The van der Waals surface area contributed by atoms with Crippen LogP contribution in [0.2, 0.25) is 0 Å². The van der Waals surface area contributed by atoms with Gasteiger partial charge in [0.15, 0.2) is 0 Å². The van der Waals surface area contributed by atoms with E-state index in [9.17, 15) is 9.59 Å². The number of carbonyl (C=O) groups is 1. The van der Waals surface area contributed by atoms with Gasteiger partial charge in [0.1, 0.15) is 0 Å². The molecule has 0 unspecified atom stereocenters. The van der Waals surface area contributed by atoms with Crippen LogP contribution in [0, 0.1) is 0 Å². The molecule has 0 aliphatic heterocycles. The molecule has 5 heteroatoms. The Hall–Kier alpha value is -1.23. The third kappa shape index (κ3) is 2.46. The van der Waals surface area contributed by atoms with Crippen molar-refractivity contribution in [1.29, 1.82) is 0 Å². The zero-order chi connectivity index (χ0) is 13.1. The van der Waals surface area contributed by atoms with Crippen molar-refractivity contribution in [3.63, 3.8) is 0 Å². The van der Waals surface area contributed by atoms with Crippen LogP contribution in [-0.2, 0) is 19.9 Å². The number of hydrogen-bond acceptors (Lipinski definition) is 3. The van der Waals surface area contributed by atoms with Gasteiger partial charge in [0.25, 0.3) is 11.5 Å². The Bertz CT molecular complexity index is 522. The fourth-order valence-corrected chi connectivity index (χ4v) is 2.55. The van der Waals surface area contributed by atoms with Gasteiger partial charge in [0, 0.05) is 31.1 Å². The second-order valence-corrected chi connectivity index (χ2v) is 5.05. The first-order valence-electron chi connectivity index (χ1n) is 6.25. The van der Waals surface area contributed by atoms with Crippen molar-refractivity contribution < 1.29 is 4.79 Å². The van der Waals surface area contributed by atoms with E-state index in [2.05, 4.69) is 17.9 Å². The molecule has 1 amide bonds. The summed E-state index contributed by atoms with van der Waals surface area (Å²) in [6.45, 7) is 0.541. The Kier molecular flexibility index (Phi) is 4.11. The summed E-state index contributed by atoms with van der Waals surface area (Å²) in [7, 11) is 1.70. The summed E-state index contributed by atoms with van der Waals surface area (Å²) < 4.78 is 1.51. The average Bonchev–Trinajstić information content (AvgIpc) is 2.40. The van der Waals surface area contributed by atoms with E-state index in [0.29, 0.717) is 17.9 Å². The minimum atomic E-state index is -0.0993. The monoisotopic (exact) mass is 266 g/mol. The molecule has 1 heterocycles. The van der Waals surface area contributed by atoms with E-state index in [-0.39, 0.29) is 11.5 Å². The average molecular weight is 266 g/mol. The van der Waals surface area contributed by atoms with E-state index < -0.39 is 0 Å². The van der Waals surface area contributed by atoms with Crippen molar-refractivity contribution in [3.8, 4) is 0 Å². The molecule has 0 spiro atoms. The molecule has 18 heavy (non-hydrogen) atoms. The zero-order valence-electron chi connectivity index (χ0n) is 10.5. The number of aromatic nitrogens is 1. The maximum atomic E-state index is 12.1. The minimum absolute atomic E-state index is 0.0374. The van der Waals surface area contributed by atoms with Gasteiger partial charge in [-0.1, -0.05) is 0 Å². The molecule has 1 aliphatic carbocycles. The Morgan fingerprint density at radius 3 is 2.72 bits per heavy atom. The smallest absolute Gasteiger partial charge is 0.253 e. The van der Waals surface area contributed by atoms with Gasteiger partial charge in [-0.15, -0.1) is 0 Å². The van der Waals surface area contributed by atoms with Gasteiger partial charge in [-0.05, 0) is 31.2 Å². The van der Waals surface area contributed by atoms with Crippen molar-refractivity contribution >= 4 is 18.5 Å². The third-order valence-corrected chi connectivity index (χ3v) is 3.56. The Morgan fingerprint density at radius 2 is 2.06 bits per heavy atom. The quantitative estimate of drug-likeness (QED) is 0.800. The van der Waals surface area contributed by atoms with Crippen LogP contribution in [0.3, 0.4) is 0 Å². The fourth-order valence-electron chi connectivity index (χ4n) is 2.44. The Labute approximate surface area is 112 Å². The second kappa shape index (κ2) is 5.61.